The van der Waals surface area contributed by atoms with Gasteiger partial charge in [0.05, 0.1) is 0 Å². The molecular formula is C15H22N2O. The van der Waals surface area contributed by atoms with E-state index >= 15 is 0 Å². The molecule has 1 aromatic rings. The molecule has 0 atom stereocenters. The standard InChI is InChI=1S/C15H22N2O/c1-11-4-3-5-12(2)15(11)17-8-6-13(7-9-17)10-14(16)18/h3-5,13H,6-10H2,1-2H3,(H2,16,18). The van der Waals surface area contributed by atoms with Gasteiger partial charge in [-0.2, -0.15) is 0 Å². The molecule has 1 aromatic carbocycles. The molecule has 0 radical (unpaired) electrons. The summed E-state index contributed by atoms with van der Waals surface area (Å²) >= 11 is 0. The van der Waals surface area contributed by atoms with Crippen LogP contribution in [0.3, 0.4) is 0 Å². The van der Waals surface area contributed by atoms with E-state index in [4.69, 9.17) is 5.73 Å². The second kappa shape index (κ2) is 5.42. The summed E-state index contributed by atoms with van der Waals surface area (Å²) in [4.78, 5) is 13.4. The third kappa shape index (κ3) is 2.84. The van der Waals surface area contributed by atoms with Crippen LogP contribution >= 0.6 is 0 Å². The maximum Gasteiger partial charge on any atom is 0.217 e. The number of aryl methyl sites for hydroxylation is 2. The Hall–Kier alpha value is -1.51. The van der Waals surface area contributed by atoms with Crippen molar-refractivity contribution >= 4 is 11.6 Å². The smallest absolute Gasteiger partial charge is 0.217 e. The lowest BCUT2D eigenvalue weighted by Crippen LogP contribution is -2.35. The van der Waals surface area contributed by atoms with Gasteiger partial charge in [-0.25, -0.2) is 0 Å². The van der Waals surface area contributed by atoms with Gasteiger partial charge in [-0.1, -0.05) is 18.2 Å². The SMILES string of the molecule is Cc1cccc(C)c1N1CCC(CC(N)=O)CC1. The fraction of sp³-hybridized carbons (Fsp3) is 0.533. The molecule has 0 aromatic heterocycles. The number of benzene rings is 1. The van der Waals surface area contributed by atoms with Crippen LogP contribution in [-0.4, -0.2) is 19.0 Å². The Labute approximate surface area is 109 Å². The average Bonchev–Trinajstić information content (AvgIpc) is 2.30. The number of carbonyl (C=O) groups excluding carboxylic acids is 1. The van der Waals surface area contributed by atoms with Crippen LogP contribution in [0.25, 0.3) is 0 Å². The van der Waals surface area contributed by atoms with E-state index in [0.717, 1.165) is 25.9 Å². The zero-order valence-corrected chi connectivity index (χ0v) is 11.3. The van der Waals surface area contributed by atoms with Crippen LogP contribution in [0.4, 0.5) is 5.69 Å². The number of anilines is 1. The molecule has 3 nitrogen and oxygen atoms in total. The van der Waals surface area contributed by atoms with Crippen molar-refractivity contribution in [2.75, 3.05) is 18.0 Å². The predicted octanol–water partition coefficient (Wildman–Crippen LogP) is 2.40. The highest BCUT2D eigenvalue weighted by atomic mass is 16.1. The predicted molar refractivity (Wildman–Crippen MR) is 74.7 cm³/mol. The van der Waals surface area contributed by atoms with Gasteiger partial charge < -0.3 is 10.6 Å². The summed E-state index contributed by atoms with van der Waals surface area (Å²) in [7, 11) is 0. The quantitative estimate of drug-likeness (QED) is 0.890. The van der Waals surface area contributed by atoms with E-state index in [0.29, 0.717) is 12.3 Å². The van der Waals surface area contributed by atoms with Crippen molar-refractivity contribution in [3.8, 4) is 0 Å². The van der Waals surface area contributed by atoms with Crippen LogP contribution in [0.2, 0.25) is 0 Å². The summed E-state index contributed by atoms with van der Waals surface area (Å²) in [5, 5.41) is 0. The molecule has 2 N–H and O–H groups in total. The van der Waals surface area contributed by atoms with Gasteiger partial charge in [0, 0.05) is 25.2 Å². The third-order valence-corrected chi connectivity index (χ3v) is 3.86. The van der Waals surface area contributed by atoms with Crippen molar-refractivity contribution in [3.63, 3.8) is 0 Å². The first-order chi connectivity index (χ1) is 8.58. The van der Waals surface area contributed by atoms with Crippen LogP contribution in [-0.2, 0) is 4.79 Å². The first-order valence-electron chi connectivity index (χ1n) is 6.67. The molecule has 1 fully saturated rings. The van der Waals surface area contributed by atoms with E-state index in [1.54, 1.807) is 0 Å². The minimum Gasteiger partial charge on any atom is -0.371 e. The summed E-state index contributed by atoms with van der Waals surface area (Å²) in [6.45, 7) is 6.39. The van der Waals surface area contributed by atoms with Gasteiger partial charge in [-0.15, -0.1) is 0 Å². The number of amides is 1. The Bertz CT molecular complexity index is 414. The van der Waals surface area contributed by atoms with E-state index in [2.05, 4.69) is 36.9 Å². The Morgan fingerprint density at radius 3 is 2.33 bits per heavy atom. The zero-order valence-electron chi connectivity index (χ0n) is 11.3. The topological polar surface area (TPSA) is 46.3 Å². The summed E-state index contributed by atoms with van der Waals surface area (Å²) in [6, 6.07) is 6.43. The second-order valence-electron chi connectivity index (χ2n) is 5.34. The van der Waals surface area contributed by atoms with Crippen molar-refractivity contribution in [3.05, 3.63) is 29.3 Å². The Kier molecular flexibility index (Phi) is 3.90. The van der Waals surface area contributed by atoms with E-state index in [9.17, 15) is 4.79 Å². The van der Waals surface area contributed by atoms with Gasteiger partial charge in [0.15, 0.2) is 0 Å². The van der Waals surface area contributed by atoms with Crippen molar-refractivity contribution in [2.24, 2.45) is 11.7 Å². The molecule has 1 heterocycles. The largest absolute Gasteiger partial charge is 0.371 e. The summed E-state index contributed by atoms with van der Waals surface area (Å²) in [6.07, 6.45) is 2.67. The maximum absolute atomic E-state index is 10.9. The summed E-state index contributed by atoms with van der Waals surface area (Å²) < 4.78 is 0. The van der Waals surface area contributed by atoms with Crippen molar-refractivity contribution in [1.29, 1.82) is 0 Å². The molecule has 18 heavy (non-hydrogen) atoms. The molecule has 0 aliphatic carbocycles. The normalized spacial score (nSPS) is 16.9. The summed E-state index contributed by atoms with van der Waals surface area (Å²) in [5.74, 6) is 0.309. The van der Waals surface area contributed by atoms with Gasteiger partial charge >= 0.3 is 0 Å². The molecule has 98 valence electrons. The zero-order chi connectivity index (χ0) is 13.1. The van der Waals surface area contributed by atoms with Crippen molar-refractivity contribution in [1.82, 2.24) is 0 Å². The number of para-hydroxylation sites is 1. The van der Waals surface area contributed by atoms with Gasteiger partial charge in [0.25, 0.3) is 0 Å². The molecular weight excluding hydrogens is 224 g/mol. The Morgan fingerprint density at radius 2 is 1.83 bits per heavy atom. The van der Waals surface area contributed by atoms with E-state index in [-0.39, 0.29) is 5.91 Å². The third-order valence-electron chi connectivity index (χ3n) is 3.86. The first kappa shape index (κ1) is 12.9. The Morgan fingerprint density at radius 1 is 1.28 bits per heavy atom. The van der Waals surface area contributed by atoms with Crippen LogP contribution in [0, 0.1) is 19.8 Å². The van der Waals surface area contributed by atoms with Gasteiger partial charge in [-0.05, 0) is 43.7 Å². The fourth-order valence-electron chi connectivity index (χ4n) is 2.95. The number of nitrogens with two attached hydrogens (primary N) is 1. The number of carbonyl (C=O) groups is 1. The number of piperidine rings is 1. The van der Waals surface area contributed by atoms with E-state index in [1.807, 2.05) is 0 Å². The highest BCUT2D eigenvalue weighted by Crippen LogP contribution is 2.29. The number of hydrogen-bond acceptors (Lipinski definition) is 2. The molecule has 3 heteroatoms. The highest BCUT2D eigenvalue weighted by molar-refractivity contribution is 5.74. The molecule has 1 saturated heterocycles. The number of primary amides is 1. The second-order valence-corrected chi connectivity index (χ2v) is 5.34. The minimum absolute atomic E-state index is 0.166. The lowest BCUT2D eigenvalue weighted by Gasteiger charge is -2.35. The molecule has 0 spiro atoms. The molecule has 1 aliphatic heterocycles. The minimum atomic E-state index is -0.166. The summed E-state index contributed by atoms with van der Waals surface area (Å²) in [5.41, 5.74) is 9.31. The molecule has 1 amide bonds. The highest BCUT2D eigenvalue weighted by Gasteiger charge is 2.22. The van der Waals surface area contributed by atoms with Crippen LogP contribution in [0.1, 0.15) is 30.4 Å². The van der Waals surface area contributed by atoms with Crippen LogP contribution < -0.4 is 10.6 Å². The first-order valence-corrected chi connectivity index (χ1v) is 6.67. The van der Waals surface area contributed by atoms with Crippen LogP contribution in [0.5, 0.6) is 0 Å². The molecule has 0 saturated carbocycles. The maximum atomic E-state index is 10.9. The number of rotatable bonds is 3. The number of nitrogens with zero attached hydrogens (tertiary/aromatic N) is 1. The molecule has 0 bridgehead atoms. The molecule has 0 unspecified atom stereocenters. The lowest BCUT2D eigenvalue weighted by atomic mass is 9.92. The lowest BCUT2D eigenvalue weighted by molar-refractivity contribution is -0.119. The van der Waals surface area contributed by atoms with E-state index in [1.165, 1.54) is 16.8 Å². The van der Waals surface area contributed by atoms with Gasteiger partial charge in [-0.3, -0.25) is 4.79 Å². The average molecular weight is 246 g/mol. The number of hydrogen-bond donors (Lipinski definition) is 1. The van der Waals surface area contributed by atoms with Crippen LogP contribution in [0.15, 0.2) is 18.2 Å². The molecule has 2 rings (SSSR count). The van der Waals surface area contributed by atoms with Crippen molar-refractivity contribution < 1.29 is 4.79 Å². The monoisotopic (exact) mass is 246 g/mol. The fourth-order valence-corrected chi connectivity index (χ4v) is 2.95. The molecule has 1 aliphatic rings. The van der Waals surface area contributed by atoms with Crippen molar-refractivity contribution in [2.45, 2.75) is 33.1 Å². The Balaban J connectivity index is 2.03. The van der Waals surface area contributed by atoms with Gasteiger partial charge in [0.2, 0.25) is 5.91 Å². The van der Waals surface area contributed by atoms with E-state index < -0.39 is 0 Å². The van der Waals surface area contributed by atoms with Gasteiger partial charge in [0.1, 0.15) is 0 Å².